The van der Waals surface area contributed by atoms with Crippen LogP contribution in [0.2, 0.25) is 5.02 Å². The van der Waals surface area contributed by atoms with Crippen LogP contribution in [-0.4, -0.2) is 13.7 Å². The monoisotopic (exact) mass is 322 g/mol. The van der Waals surface area contributed by atoms with Gasteiger partial charge in [-0.25, -0.2) is 8.42 Å². The van der Waals surface area contributed by atoms with Crippen LogP contribution in [0.5, 0.6) is 0 Å². The average molecular weight is 324 g/mol. The maximum atomic E-state index is 11.6. The van der Waals surface area contributed by atoms with E-state index in [1.807, 2.05) is 0 Å². The molecule has 0 heterocycles. The van der Waals surface area contributed by atoms with E-state index in [1.165, 1.54) is 13.0 Å². The topological polar surface area (TPSA) is 70.0 Å². The third-order valence-electron chi connectivity index (χ3n) is 1.83. The highest BCUT2D eigenvalue weighted by Crippen LogP contribution is 2.27. The number of hydrogen-bond donors (Lipinski definition) is 1. The zero-order chi connectivity index (χ0) is 12.3. The SMILES string of the molecule is CC(C#N)S(=O)(=O)Nc1ccc(Cl)cc1Br. The third kappa shape index (κ3) is 3.11. The van der Waals surface area contributed by atoms with Gasteiger partial charge in [0.1, 0.15) is 0 Å². The van der Waals surface area contributed by atoms with E-state index in [4.69, 9.17) is 16.9 Å². The van der Waals surface area contributed by atoms with Crippen LogP contribution in [0.3, 0.4) is 0 Å². The van der Waals surface area contributed by atoms with Crippen LogP contribution in [0.15, 0.2) is 22.7 Å². The van der Waals surface area contributed by atoms with Crippen molar-refractivity contribution >= 4 is 43.2 Å². The molecule has 0 saturated carbocycles. The van der Waals surface area contributed by atoms with Crippen molar-refractivity contribution in [1.82, 2.24) is 0 Å². The second-order valence-electron chi connectivity index (χ2n) is 3.04. The molecule has 0 aromatic heterocycles. The molecule has 1 unspecified atom stereocenters. The summed E-state index contributed by atoms with van der Waals surface area (Å²) in [5.74, 6) is 0. The largest absolute Gasteiger partial charge is 0.281 e. The Morgan fingerprint density at radius 2 is 2.19 bits per heavy atom. The Kier molecular flexibility index (Phi) is 4.19. The van der Waals surface area contributed by atoms with Crippen molar-refractivity contribution in [2.45, 2.75) is 12.2 Å². The zero-order valence-electron chi connectivity index (χ0n) is 8.24. The van der Waals surface area contributed by atoms with Crippen molar-refractivity contribution in [3.63, 3.8) is 0 Å². The van der Waals surface area contributed by atoms with Crippen LogP contribution in [0.25, 0.3) is 0 Å². The Hall–Kier alpha value is -0.770. The predicted octanol–water partition coefficient (Wildman–Crippen LogP) is 2.76. The van der Waals surface area contributed by atoms with Gasteiger partial charge in [0.15, 0.2) is 5.25 Å². The number of rotatable bonds is 3. The Labute approximate surface area is 107 Å². The second kappa shape index (κ2) is 5.04. The lowest BCUT2D eigenvalue weighted by atomic mass is 10.3. The molecule has 1 N–H and O–H groups in total. The molecule has 0 spiro atoms. The van der Waals surface area contributed by atoms with Gasteiger partial charge in [0.25, 0.3) is 0 Å². The van der Waals surface area contributed by atoms with Gasteiger partial charge in [0, 0.05) is 9.50 Å². The van der Waals surface area contributed by atoms with Crippen molar-refractivity contribution in [2.24, 2.45) is 0 Å². The molecule has 4 nitrogen and oxygen atoms in total. The molecule has 16 heavy (non-hydrogen) atoms. The minimum absolute atomic E-state index is 0.353. The summed E-state index contributed by atoms with van der Waals surface area (Å²) in [7, 11) is -3.68. The van der Waals surface area contributed by atoms with E-state index in [0.717, 1.165) is 0 Å². The van der Waals surface area contributed by atoms with Gasteiger partial charge in [0.05, 0.1) is 11.8 Å². The number of nitrogens with one attached hydrogen (secondary N) is 1. The number of nitriles is 1. The maximum Gasteiger partial charge on any atom is 0.248 e. The third-order valence-corrected chi connectivity index (χ3v) is 4.26. The molecular weight excluding hydrogens is 316 g/mol. The molecule has 1 aromatic carbocycles. The van der Waals surface area contributed by atoms with Crippen molar-refractivity contribution in [3.8, 4) is 6.07 Å². The van der Waals surface area contributed by atoms with Crippen LogP contribution < -0.4 is 4.72 Å². The average Bonchev–Trinajstić information content (AvgIpc) is 2.21. The van der Waals surface area contributed by atoms with Gasteiger partial charge in [-0.2, -0.15) is 5.26 Å². The van der Waals surface area contributed by atoms with Crippen LogP contribution >= 0.6 is 27.5 Å². The molecular formula is C9H8BrClN2O2S. The molecule has 0 aliphatic carbocycles. The molecule has 7 heteroatoms. The first-order valence-corrected chi connectivity index (χ1v) is 6.95. The minimum atomic E-state index is -3.68. The molecule has 1 atom stereocenters. The number of hydrogen-bond acceptors (Lipinski definition) is 3. The van der Waals surface area contributed by atoms with E-state index in [0.29, 0.717) is 15.2 Å². The van der Waals surface area contributed by atoms with Gasteiger partial charge < -0.3 is 0 Å². The summed E-state index contributed by atoms with van der Waals surface area (Å²) in [6.07, 6.45) is 0. The van der Waals surface area contributed by atoms with Crippen molar-refractivity contribution in [3.05, 3.63) is 27.7 Å². The molecule has 1 rings (SSSR count). The molecule has 0 radical (unpaired) electrons. The van der Waals surface area contributed by atoms with Crippen LogP contribution in [-0.2, 0) is 10.0 Å². The normalized spacial score (nSPS) is 12.9. The Balaban J connectivity index is 3.03. The summed E-state index contributed by atoms with van der Waals surface area (Å²) < 4.78 is 26.0. The highest BCUT2D eigenvalue weighted by atomic mass is 79.9. The summed E-state index contributed by atoms with van der Waals surface area (Å²) in [6, 6.07) is 6.31. The Bertz CT molecular complexity index is 539. The summed E-state index contributed by atoms with van der Waals surface area (Å²) in [6.45, 7) is 1.31. The van der Waals surface area contributed by atoms with E-state index in [1.54, 1.807) is 18.2 Å². The fraction of sp³-hybridized carbons (Fsp3) is 0.222. The van der Waals surface area contributed by atoms with E-state index >= 15 is 0 Å². The Morgan fingerprint density at radius 3 is 2.69 bits per heavy atom. The van der Waals surface area contributed by atoms with Gasteiger partial charge in [-0.1, -0.05) is 11.6 Å². The predicted molar refractivity (Wildman–Crippen MR) is 66.8 cm³/mol. The molecule has 1 aromatic rings. The van der Waals surface area contributed by atoms with Crippen LogP contribution in [0, 0.1) is 11.3 Å². The van der Waals surface area contributed by atoms with Gasteiger partial charge in [0.2, 0.25) is 10.0 Å². The number of halogens is 2. The quantitative estimate of drug-likeness (QED) is 0.930. The lowest BCUT2D eigenvalue weighted by molar-refractivity contribution is 0.597. The molecule has 0 aliphatic rings. The summed E-state index contributed by atoms with van der Waals surface area (Å²) >= 11 is 8.89. The smallest absolute Gasteiger partial charge is 0.248 e. The van der Waals surface area contributed by atoms with Gasteiger partial charge in [-0.15, -0.1) is 0 Å². The van der Waals surface area contributed by atoms with Crippen LogP contribution in [0.4, 0.5) is 5.69 Å². The van der Waals surface area contributed by atoms with Crippen molar-refractivity contribution in [2.75, 3.05) is 4.72 Å². The van der Waals surface area contributed by atoms with E-state index < -0.39 is 15.3 Å². The van der Waals surface area contributed by atoms with E-state index in [-0.39, 0.29) is 0 Å². The van der Waals surface area contributed by atoms with Gasteiger partial charge >= 0.3 is 0 Å². The second-order valence-corrected chi connectivity index (χ2v) is 6.33. The first-order valence-electron chi connectivity index (χ1n) is 4.23. The summed E-state index contributed by atoms with van der Waals surface area (Å²) in [5.41, 5.74) is 0.353. The Morgan fingerprint density at radius 1 is 1.56 bits per heavy atom. The highest BCUT2D eigenvalue weighted by molar-refractivity contribution is 9.10. The molecule has 0 fully saturated rings. The minimum Gasteiger partial charge on any atom is -0.281 e. The number of benzene rings is 1. The number of sulfonamides is 1. The van der Waals surface area contributed by atoms with Crippen molar-refractivity contribution < 1.29 is 8.42 Å². The number of anilines is 1. The van der Waals surface area contributed by atoms with Crippen molar-refractivity contribution in [1.29, 1.82) is 5.26 Å². The first-order chi connectivity index (χ1) is 7.36. The van der Waals surface area contributed by atoms with Gasteiger partial charge in [-0.05, 0) is 41.1 Å². The molecule has 0 amide bonds. The molecule has 0 saturated heterocycles. The van der Waals surface area contributed by atoms with Gasteiger partial charge in [-0.3, -0.25) is 4.72 Å². The fourth-order valence-electron chi connectivity index (χ4n) is 0.883. The standard InChI is InChI=1S/C9H8BrClN2O2S/c1-6(5-12)16(14,15)13-9-3-2-7(11)4-8(9)10/h2-4,6,13H,1H3. The zero-order valence-corrected chi connectivity index (χ0v) is 11.4. The van der Waals surface area contributed by atoms with Crippen LogP contribution in [0.1, 0.15) is 6.92 Å². The first kappa shape index (κ1) is 13.3. The number of nitrogens with zero attached hydrogens (tertiary/aromatic N) is 1. The molecule has 0 bridgehead atoms. The fourth-order valence-corrected chi connectivity index (χ4v) is 2.60. The highest BCUT2D eigenvalue weighted by Gasteiger charge is 2.20. The van der Waals surface area contributed by atoms with E-state index in [9.17, 15) is 8.42 Å². The molecule has 86 valence electrons. The summed E-state index contributed by atoms with van der Waals surface area (Å²) in [4.78, 5) is 0. The lowest BCUT2D eigenvalue weighted by Crippen LogP contribution is -2.23. The van der Waals surface area contributed by atoms with E-state index in [2.05, 4.69) is 20.7 Å². The summed E-state index contributed by atoms with van der Waals surface area (Å²) in [5, 5.41) is 7.93. The molecule has 0 aliphatic heterocycles. The maximum absolute atomic E-state index is 11.6. The lowest BCUT2D eigenvalue weighted by Gasteiger charge is -2.10.